The van der Waals surface area contributed by atoms with E-state index in [-0.39, 0.29) is 16.2 Å². The maximum Gasteiger partial charge on any atom is 0.238 e. The van der Waals surface area contributed by atoms with Gasteiger partial charge in [0.2, 0.25) is 5.95 Å². The zero-order valence-electron chi connectivity index (χ0n) is 30.7. The minimum absolute atomic E-state index is 0.0543. The standard InChI is InChI=1S/C45H48N4/c1-11-15-32-34-26-35-33-16-13-14-17-38(33)49(39(35)27-37(34)45(9,10)36(32)12-2)42-47-40(28-18-22-30(23-19-28)43(3,4)5)46-41(48-42)29-20-24-31(25-21-29)44(6,7)8/h12-27H,11H2,1-10H3. The molecule has 1 aliphatic carbocycles. The largest absolute Gasteiger partial charge is 0.278 e. The normalized spacial score (nSPS) is 16.3. The smallest absolute Gasteiger partial charge is 0.238 e. The number of fused-ring (bicyclic) bond motifs is 4. The molecular weight excluding hydrogens is 597 g/mol. The second kappa shape index (κ2) is 11.7. The molecule has 0 bridgehead atoms. The Morgan fingerprint density at radius 3 is 1.73 bits per heavy atom. The summed E-state index contributed by atoms with van der Waals surface area (Å²) in [5, 5.41) is 2.40. The minimum Gasteiger partial charge on any atom is -0.278 e. The molecule has 0 fully saturated rings. The number of benzene rings is 4. The van der Waals surface area contributed by atoms with Crippen LogP contribution in [0, 0.1) is 0 Å². The first-order valence-corrected chi connectivity index (χ1v) is 17.7. The summed E-state index contributed by atoms with van der Waals surface area (Å²) in [5.74, 6) is 1.95. The molecule has 0 unspecified atom stereocenters. The highest BCUT2D eigenvalue weighted by Gasteiger charge is 2.38. The van der Waals surface area contributed by atoms with E-state index >= 15 is 0 Å². The molecule has 248 valence electrons. The van der Waals surface area contributed by atoms with E-state index in [4.69, 9.17) is 15.0 Å². The van der Waals surface area contributed by atoms with Crippen LogP contribution in [0.5, 0.6) is 0 Å². The fourth-order valence-electron chi connectivity index (χ4n) is 7.50. The van der Waals surface area contributed by atoms with Gasteiger partial charge in [-0.3, -0.25) is 4.57 Å². The van der Waals surface area contributed by atoms with Crippen LogP contribution in [0.3, 0.4) is 0 Å². The van der Waals surface area contributed by atoms with E-state index in [1.807, 2.05) is 0 Å². The van der Waals surface area contributed by atoms with Gasteiger partial charge in [-0.2, -0.15) is 9.97 Å². The number of hydrogen-bond donors (Lipinski definition) is 0. The third-order valence-electron chi connectivity index (χ3n) is 10.3. The molecule has 6 aromatic rings. The Balaban J connectivity index is 1.51. The van der Waals surface area contributed by atoms with Gasteiger partial charge in [-0.25, -0.2) is 4.98 Å². The van der Waals surface area contributed by atoms with Crippen molar-refractivity contribution < 1.29 is 0 Å². The zero-order valence-corrected chi connectivity index (χ0v) is 30.7. The number of rotatable bonds is 4. The van der Waals surface area contributed by atoms with E-state index in [9.17, 15) is 0 Å². The van der Waals surface area contributed by atoms with Gasteiger partial charge in [0.25, 0.3) is 0 Å². The first kappa shape index (κ1) is 32.7. The lowest BCUT2D eigenvalue weighted by Crippen LogP contribution is -2.15. The summed E-state index contributed by atoms with van der Waals surface area (Å²) in [7, 11) is 0. The summed E-state index contributed by atoms with van der Waals surface area (Å²) in [5.41, 5.74) is 12.1. The highest BCUT2D eigenvalue weighted by Crippen LogP contribution is 2.52. The Hall–Kier alpha value is -4.83. The third-order valence-corrected chi connectivity index (χ3v) is 10.3. The first-order chi connectivity index (χ1) is 23.2. The van der Waals surface area contributed by atoms with Gasteiger partial charge in [0.1, 0.15) is 0 Å². The van der Waals surface area contributed by atoms with E-state index in [1.165, 1.54) is 44.2 Å². The highest BCUT2D eigenvalue weighted by atomic mass is 15.2. The van der Waals surface area contributed by atoms with Crippen LogP contribution in [0.25, 0.3) is 56.1 Å². The molecule has 0 saturated carbocycles. The molecule has 2 aromatic heterocycles. The summed E-state index contributed by atoms with van der Waals surface area (Å²) >= 11 is 0. The third kappa shape index (κ3) is 5.52. The molecule has 0 spiro atoms. The molecule has 4 heteroatoms. The van der Waals surface area contributed by atoms with Crippen molar-refractivity contribution in [2.75, 3.05) is 0 Å². The Morgan fingerprint density at radius 2 is 1.22 bits per heavy atom. The molecule has 1 aliphatic rings. The Labute approximate surface area is 291 Å². The van der Waals surface area contributed by atoms with Crippen molar-refractivity contribution >= 4 is 27.4 Å². The monoisotopic (exact) mass is 644 g/mol. The number of para-hydroxylation sites is 1. The van der Waals surface area contributed by atoms with E-state index in [0.29, 0.717) is 17.6 Å². The van der Waals surface area contributed by atoms with Gasteiger partial charge in [0.05, 0.1) is 11.0 Å². The molecule has 0 radical (unpaired) electrons. The molecule has 49 heavy (non-hydrogen) atoms. The lowest BCUT2D eigenvalue weighted by molar-refractivity contribution is 0.590. The average Bonchev–Trinajstić information content (AvgIpc) is 3.50. The summed E-state index contributed by atoms with van der Waals surface area (Å²) < 4.78 is 2.25. The van der Waals surface area contributed by atoms with Crippen LogP contribution in [-0.4, -0.2) is 19.5 Å². The second-order valence-electron chi connectivity index (χ2n) is 16.1. The van der Waals surface area contributed by atoms with E-state index in [1.54, 1.807) is 0 Å². The van der Waals surface area contributed by atoms with Crippen LogP contribution < -0.4 is 0 Å². The highest BCUT2D eigenvalue weighted by molar-refractivity contribution is 6.11. The van der Waals surface area contributed by atoms with Crippen molar-refractivity contribution in [3.63, 3.8) is 0 Å². The van der Waals surface area contributed by atoms with Crippen LogP contribution in [0.2, 0.25) is 0 Å². The number of nitrogens with zero attached hydrogens (tertiary/aromatic N) is 4. The van der Waals surface area contributed by atoms with Crippen molar-refractivity contribution in [2.24, 2.45) is 0 Å². The maximum atomic E-state index is 5.24. The van der Waals surface area contributed by atoms with Crippen LogP contribution >= 0.6 is 0 Å². The van der Waals surface area contributed by atoms with Gasteiger partial charge >= 0.3 is 0 Å². The average molecular weight is 645 g/mol. The van der Waals surface area contributed by atoms with Crippen molar-refractivity contribution in [3.8, 4) is 28.7 Å². The van der Waals surface area contributed by atoms with Gasteiger partial charge in [-0.05, 0) is 75.8 Å². The van der Waals surface area contributed by atoms with Gasteiger partial charge in [-0.1, -0.05) is 141 Å². The molecule has 0 N–H and O–H groups in total. The first-order valence-electron chi connectivity index (χ1n) is 17.7. The number of hydrogen-bond acceptors (Lipinski definition) is 3. The van der Waals surface area contributed by atoms with Crippen molar-refractivity contribution in [1.29, 1.82) is 0 Å². The molecule has 0 saturated heterocycles. The SMILES string of the molecule is CC=C1C(=CCC)c2cc3c4ccccc4n(-c4nc(-c5ccc(C(C)(C)C)cc5)nc(-c5ccc(C(C)(C)C)cc5)n4)c3cc2C1(C)C. The Bertz CT molecular complexity index is 2210. The Morgan fingerprint density at radius 1 is 0.673 bits per heavy atom. The molecule has 7 rings (SSSR count). The lowest BCUT2D eigenvalue weighted by Gasteiger charge is -2.22. The molecular formula is C45H48N4. The van der Waals surface area contributed by atoms with Gasteiger partial charge in [0, 0.05) is 27.3 Å². The topological polar surface area (TPSA) is 43.6 Å². The van der Waals surface area contributed by atoms with Crippen LogP contribution in [0.4, 0.5) is 0 Å². The molecule has 0 aliphatic heterocycles. The fraction of sp³-hybridized carbons (Fsp3) is 0.311. The van der Waals surface area contributed by atoms with Crippen LogP contribution in [0.15, 0.2) is 103 Å². The quantitative estimate of drug-likeness (QED) is 0.192. The van der Waals surface area contributed by atoms with Crippen molar-refractivity contribution in [2.45, 2.75) is 91.9 Å². The zero-order chi connectivity index (χ0) is 34.9. The van der Waals surface area contributed by atoms with Gasteiger partial charge in [-0.15, -0.1) is 0 Å². The minimum atomic E-state index is -0.125. The second-order valence-corrected chi connectivity index (χ2v) is 16.1. The van der Waals surface area contributed by atoms with E-state index < -0.39 is 0 Å². The molecule has 4 nitrogen and oxygen atoms in total. The summed E-state index contributed by atoms with van der Waals surface area (Å²) in [6, 6.07) is 30.8. The van der Waals surface area contributed by atoms with E-state index in [2.05, 4.69) is 171 Å². The van der Waals surface area contributed by atoms with Crippen molar-refractivity contribution in [1.82, 2.24) is 19.5 Å². The summed E-state index contributed by atoms with van der Waals surface area (Å²) in [4.78, 5) is 15.6. The van der Waals surface area contributed by atoms with Crippen molar-refractivity contribution in [3.05, 3.63) is 125 Å². The van der Waals surface area contributed by atoms with E-state index in [0.717, 1.165) is 28.6 Å². The lowest BCUT2D eigenvalue weighted by atomic mass is 9.82. The predicted octanol–water partition coefficient (Wildman–Crippen LogP) is 11.9. The van der Waals surface area contributed by atoms with Crippen LogP contribution in [-0.2, 0) is 16.2 Å². The van der Waals surface area contributed by atoms with Gasteiger partial charge in [0.15, 0.2) is 11.6 Å². The van der Waals surface area contributed by atoms with Gasteiger partial charge < -0.3 is 0 Å². The fourth-order valence-corrected chi connectivity index (χ4v) is 7.50. The number of allylic oxidation sites excluding steroid dienone is 4. The molecule has 2 heterocycles. The molecule has 0 amide bonds. The number of aromatic nitrogens is 4. The predicted molar refractivity (Wildman–Crippen MR) is 207 cm³/mol. The molecule has 0 atom stereocenters. The molecule has 4 aromatic carbocycles. The summed E-state index contributed by atoms with van der Waals surface area (Å²) in [6.45, 7) is 22.5. The van der Waals surface area contributed by atoms with Crippen LogP contribution in [0.1, 0.15) is 97.9 Å². The summed E-state index contributed by atoms with van der Waals surface area (Å²) in [6.07, 6.45) is 5.67. The maximum absolute atomic E-state index is 5.24. The Kier molecular flexibility index (Phi) is 7.78.